The monoisotopic (exact) mass is 384 g/mol. The van der Waals surface area contributed by atoms with E-state index in [4.69, 9.17) is 0 Å². The number of benzene rings is 3. The van der Waals surface area contributed by atoms with Crippen LogP contribution in [0.4, 0.5) is 4.39 Å². The molecule has 144 valence electrons. The first-order valence-corrected chi connectivity index (χ1v) is 9.81. The van der Waals surface area contributed by atoms with E-state index in [1.54, 1.807) is 6.07 Å². The number of hydrogen-bond donors (Lipinski definition) is 0. The van der Waals surface area contributed by atoms with Gasteiger partial charge in [-0.05, 0) is 23.3 Å². The summed E-state index contributed by atoms with van der Waals surface area (Å²) >= 11 is 0. The van der Waals surface area contributed by atoms with Crippen molar-refractivity contribution in [3.63, 3.8) is 0 Å². The zero-order valence-electron chi connectivity index (χ0n) is 15.9. The number of rotatable bonds is 4. The first-order chi connectivity index (χ1) is 14.3. The van der Waals surface area contributed by atoms with Crippen molar-refractivity contribution in [1.82, 2.24) is 19.7 Å². The van der Waals surface area contributed by atoms with Gasteiger partial charge in [0.2, 0.25) is 0 Å². The molecular weight excluding hydrogens is 363 g/mol. The molecule has 1 aromatic heterocycles. The Hall–Kier alpha value is -3.31. The summed E-state index contributed by atoms with van der Waals surface area (Å²) < 4.78 is 15.8. The Balaban J connectivity index is 1.49. The third-order valence-electron chi connectivity index (χ3n) is 5.46. The molecule has 4 nitrogen and oxygen atoms in total. The molecule has 0 spiro atoms. The van der Waals surface area contributed by atoms with Gasteiger partial charge in [0.25, 0.3) is 0 Å². The summed E-state index contributed by atoms with van der Waals surface area (Å²) in [4.78, 5) is 2.43. The molecule has 29 heavy (non-hydrogen) atoms. The van der Waals surface area contributed by atoms with Crippen LogP contribution in [0.3, 0.4) is 0 Å². The van der Waals surface area contributed by atoms with E-state index >= 15 is 0 Å². The first-order valence-electron chi connectivity index (χ1n) is 9.81. The van der Waals surface area contributed by atoms with Crippen molar-refractivity contribution in [3.8, 4) is 11.4 Å². The Kier molecular flexibility index (Phi) is 4.66. The average Bonchev–Trinajstić information content (AvgIpc) is 3.19. The molecule has 1 aliphatic rings. The number of fused-ring (bicyclic) bond motifs is 1. The molecule has 0 unspecified atom stereocenters. The van der Waals surface area contributed by atoms with E-state index in [1.807, 2.05) is 18.2 Å². The lowest BCUT2D eigenvalue weighted by molar-refractivity contribution is 0.176. The second kappa shape index (κ2) is 7.60. The molecule has 4 aromatic rings. The number of halogens is 1. The fourth-order valence-electron chi connectivity index (χ4n) is 4.12. The van der Waals surface area contributed by atoms with Gasteiger partial charge in [0, 0.05) is 18.7 Å². The van der Waals surface area contributed by atoms with Crippen LogP contribution in [0.2, 0.25) is 0 Å². The predicted molar refractivity (Wildman–Crippen MR) is 111 cm³/mol. The van der Waals surface area contributed by atoms with Crippen molar-refractivity contribution in [1.29, 1.82) is 0 Å². The number of hydrogen-bond acceptors (Lipinski definition) is 3. The van der Waals surface area contributed by atoms with Crippen molar-refractivity contribution >= 4 is 0 Å². The van der Waals surface area contributed by atoms with Crippen LogP contribution < -0.4 is 0 Å². The lowest BCUT2D eigenvalue weighted by Crippen LogP contribution is -2.37. The van der Waals surface area contributed by atoms with Gasteiger partial charge in [0.05, 0.1) is 12.6 Å². The molecule has 3 aromatic carbocycles. The minimum absolute atomic E-state index is 0.153. The van der Waals surface area contributed by atoms with Gasteiger partial charge < -0.3 is 4.57 Å². The number of nitrogens with zero attached hydrogens (tertiary/aromatic N) is 4. The molecule has 0 aliphatic carbocycles. The molecule has 0 bridgehead atoms. The van der Waals surface area contributed by atoms with Crippen LogP contribution in [0, 0.1) is 5.82 Å². The van der Waals surface area contributed by atoms with Crippen molar-refractivity contribution in [2.24, 2.45) is 0 Å². The zero-order chi connectivity index (χ0) is 19.6. The smallest absolute Gasteiger partial charge is 0.164 e. The Morgan fingerprint density at radius 2 is 1.45 bits per heavy atom. The van der Waals surface area contributed by atoms with Crippen LogP contribution in [0.5, 0.6) is 0 Å². The topological polar surface area (TPSA) is 34.0 Å². The summed E-state index contributed by atoms with van der Waals surface area (Å²) in [6, 6.07) is 27.8. The van der Waals surface area contributed by atoms with Crippen molar-refractivity contribution < 1.29 is 4.39 Å². The maximum atomic E-state index is 13.7. The van der Waals surface area contributed by atoms with Crippen LogP contribution in [-0.2, 0) is 13.1 Å². The second-order valence-corrected chi connectivity index (χ2v) is 7.30. The highest BCUT2D eigenvalue weighted by Gasteiger charge is 2.28. The molecule has 0 N–H and O–H groups in total. The molecule has 0 amide bonds. The third-order valence-corrected chi connectivity index (χ3v) is 5.46. The van der Waals surface area contributed by atoms with E-state index in [9.17, 15) is 4.39 Å². The maximum absolute atomic E-state index is 13.7. The standard InChI is InChI=1S/C24H21FN4/c25-21-13-7-12-20(16-21)24-27-26-22-17-28(14-15-29(22)24)23(18-8-3-1-4-9-18)19-10-5-2-6-11-19/h1-13,16,23H,14-15,17H2. The van der Waals surface area contributed by atoms with Crippen molar-refractivity contribution in [3.05, 3.63) is 108 Å². The van der Waals surface area contributed by atoms with Gasteiger partial charge in [0.15, 0.2) is 5.82 Å². The Labute approximate surface area is 169 Å². The quantitative estimate of drug-likeness (QED) is 0.512. The summed E-state index contributed by atoms with van der Waals surface area (Å²) in [5, 5.41) is 8.80. The van der Waals surface area contributed by atoms with Gasteiger partial charge in [-0.3, -0.25) is 4.90 Å². The lowest BCUT2D eigenvalue weighted by Gasteiger charge is -2.35. The summed E-state index contributed by atoms with van der Waals surface area (Å²) in [5.41, 5.74) is 3.29. The molecular formula is C24H21FN4. The van der Waals surface area contributed by atoms with E-state index in [0.29, 0.717) is 6.54 Å². The second-order valence-electron chi connectivity index (χ2n) is 7.30. The highest BCUT2D eigenvalue weighted by molar-refractivity contribution is 5.55. The predicted octanol–water partition coefficient (Wildman–Crippen LogP) is 4.69. The van der Waals surface area contributed by atoms with Gasteiger partial charge >= 0.3 is 0 Å². The van der Waals surface area contributed by atoms with Gasteiger partial charge in [0.1, 0.15) is 11.6 Å². The lowest BCUT2D eigenvalue weighted by atomic mass is 9.96. The zero-order valence-corrected chi connectivity index (χ0v) is 15.9. The fraction of sp³-hybridized carbons (Fsp3) is 0.167. The van der Waals surface area contributed by atoms with Crippen LogP contribution in [-0.4, -0.2) is 26.2 Å². The van der Waals surface area contributed by atoms with E-state index in [0.717, 1.165) is 30.3 Å². The van der Waals surface area contributed by atoms with Crippen LogP contribution in [0.1, 0.15) is 23.0 Å². The Morgan fingerprint density at radius 3 is 2.10 bits per heavy atom. The minimum atomic E-state index is -0.259. The van der Waals surface area contributed by atoms with E-state index in [-0.39, 0.29) is 11.9 Å². The molecule has 0 fully saturated rings. The molecule has 0 saturated carbocycles. The molecule has 5 heteroatoms. The summed E-state index contributed by atoms with van der Waals surface area (Å²) in [6.45, 7) is 2.32. The van der Waals surface area contributed by atoms with Crippen molar-refractivity contribution in [2.45, 2.75) is 19.1 Å². The van der Waals surface area contributed by atoms with Crippen LogP contribution >= 0.6 is 0 Å². The Morgan fingerprint density at radius 1 is 0.759 bits per heavy atom. The molecule has 2 heterocycles. The van der Waals surface area contributed by atoms with Gasteiger partial charge in [-0.15, -0.1) is 10.2 Å². The molecule has 0 atom stereocenters. The first kappa shape index (κ1) is 17.8. The number of aromatic nitrogens is 3. The Bertz CT molecular complexity index is 1070. The molecule has 1 aliphatic heterocycles. The largest absolute Gasteiger partial charge is 0.309 e. The van der Waals surface area contributed by atoms with Crippen LogP contribution in [0.15, 0.2) is 84.9 Å². The average molecular weight is 384 g/mol. The van der Waals surface area contributed by atoms with E-state index < -0.39 is 0 Å². The molecule has 0 radical (unpaired) electrons. The normalized spacial score (nSPS) is 14.1. The van der Waals surface area contributed by atoms with E-state index in [2.05, 4.69) is 68.2 Å². The SMILES string of the molecule is Fc1cccc(-c2nnc3n2CCN(C(c2ccccc2)c2ccccc2)C3)c1. The fourth-order valence-corrected chi connectivity index (χ4v) is 4.12. The summed E-state index contributed by atoms with van der Waals surface area (Å²) in [7, 11) is 0. The summed E-state index contributed by atoms with van der Waals surface area (Å²) in [5.74, 6) is 1.38. The van der Waals surface area contributed by atoms with E-state index in [1.165, 1.54) is 23.3 Å². The minimum Gasteiger partial charge on any atom is -0.309 e. The highest BCUT2D eigenvalue weighted by atomic mass is 19.1. The maximum Gasteiger partial charge on any atom is 0.164 e. The van der Waals surface area contributed by atoms with Gasteiger partial charge in [-0.2, -0.15) is 0 Å². The van der Waals surface area contributed by atoms with Gasteiger partial charge in [-0.1, -0.05) is 72.8 Å². The van der Waals surface area contributed by atoms with Crippen molar-refractivity contribution in [2.75, 3.05) is 6.54 Å². The highest BCUT2D eigenvalue weighted by Crippen LogP contribution is 2.32. The van der Waals surface area contributed by atoms with Crippen LogP contribution in [0.25, 0.3) is 11.4 Å². The van der Waals surface area contributed by atoms with Gasteiger partial charge in [-0.25, -0.2) is 4.39 Å². The molecule has 5 rings (SSSR count). The third kappa shape index (κ3) is 3.45. The summed E-state index contributed by atoms with van der Waals surface area (Å²) in [6.07, 6.45) is 0. The molecule has 0 saturated heterocycles.